The van der Waals surface area contributed by atoms with Gasteiger partial charge in [-0.15, -0.1) is 0 Å². The predicted molar refractivity (Wildman–Crippen MR) is 68.7 cm³/mol. The molecule has 2 aromatic rings. The average molecular weight is 224 g/mol. The Bertz CT molecular complexity index is 518. The molecule has 0 saturated heterocycles. The van der Waals surface area contributed by atoms with Crippen molar-refractivity contribution in [3.05, 3.63) is 71.3 Å². The molecule has 1 aliphatic rings. The molecule has 86 valence electrons. The van der Waals surface area contributed by atoms with E-state index in [-0.39, 0.29) is 5.60 Å². The first kappa shape index (κ1) is 10.5. The van der Waals surface area contributed by atoms with Crippen molar-refractivity contribution >= 4 is 0 Å². The van der Waals surface area contributed by atoms with Crippen LogP contribution in [0.3, 0.4) is 0 Å². The number of fused-ring (bicyclic) bond motifs is 1. The molecule has 0 N–H and O–H groups in total. The molecule has 0 aliphatic carbocycles. The normalized spacial score (nSPS) is 23.1. The van der Waals surface area contributed by atoms with Crippen LogP contribution in [-0.2, 0) is 23.4 Å². The van der Waals surface area contributed by atoms with E-state index in [1.54, 1.807) is 0 Å². The summed E-state index contributed by atoms with van der Waals surface area (Å²) in [4.78, 5) is 0. The van der Waals surface area contributed by atoms with Gasteiger partial charge >= 0.3 is 0 Å². The molecule has 3 rings (SSSR count). The maximum atomic E-state index is 6.08. The van der Waals surface area contributed by atoms with E-state index in [4.69, 9.17) is 4.74 Å². The Morgan fingerprint density at radius 2 is 1.53 bits per heavy atom. The third-order valence-electron chi connectivity index (χ3n) is 3.58. The molecule has 0 spiro atoms. The molecule has 1 aliphatic heterocycles. The van der Waals surface area contributed by atoms with Gasteiger partial charge in [0.05, 0.1) is 12.2 Å². The van der Waals surface area contributed by atoms with Crippen LogP contribution in [0, 0.1) is 0 Å². The van der Waals surface area contributed by atoms with E-state index < -0.39 is 0 Å². The van der Waals surface area contributed by atoms with E-state index in [0.717, 1.165) is 6.42 Å². The van der Waals surface area contributed by atoms with Crippen molar-refractivity contribution in [3.63, 3.8) is 0 Å². The summed E-state index contributed by atoms with van der Waals surface area (Å²) in [6.45, 7) is 2.89. The van der Waals surface area contributed by atoms with Gasteiger partial charge < -0.3 is 4.74 Å². The van der Waals surface area contributed by atoms with Crippen LogP contribution in [0.15, 0.2) is 54.6 Å². The van der Waals surface area contributed by atoms with Crippen molar-refractivity contribution in [1.29, 1.82) is 0 Å². The maximum absolute atomic E-state index is 6.08. The summed E-state index contributed by atoms with van der Waals surface area (Å²) in [5.74, 6) is 0. The lowest BCUT2D eigenvalue weighted by Gasteiger charge is -2.35. The van der Waals surface area contributed by atoms with Crippen LogP contribution in [0.5, 0.6) is 0 Å². The molecule has 17 heavy (non-hydrogen) atoms. The minimum atomic E-state index is -0.185. The first-order chi connectivity index (χ1) is 8.28. The Morgan fingerprint density at radius 3 is 2.29 bits per heavy atom. The Labute approximate surface area is 102 Å². The van der Waals surface area contributed by atoms with Gasteiger partial charge in [0.2, 0.25) is 0 Å². The zero-order chi connectivity index (χ0) is 11.7. The van der Waals surface area contributed by atoms with Crippen LogP contribution in [0.1, 0.15) is 23.6 Å². The highest BCUT2D eigenvalue weighted by atomic mass is 16.5. The third-order valence-corrected chi connectivity index (χ3v) is 3.58. The van der Waals surface area contributed by atoms with E-state index in [1.807, 2.05) is 6.07 Å². The molecule has 2 aromatic carbocycles. The van der Waals surface area contributed by atoms with Gasteiger partial charge in [-0.1, -0.05) is 54.6 Å². The van der Waals surface area contributed by atoms with Gasteiger partial charge in [0, 0.05) is 6.42 Å². The van der Waals surface area contributed by atoms with E-state index in [0.29, 0.717) is 6.61 Å². The molecule has 1 heterocycles. The topological polar surface area (TPSA) is 9.23 Å². The van der Waals surface area contributed by atoms with Crippen molar-refractivity contribution in [1.82, 2.24) is 0 Å². The fraction of sp³-hybridized carbons (Fsp3) is 0.250. The highest BCUT2D eigenvalue weighted by Crippen LogP contribution is 2.35. The summed E-state index contributed by atoms with van der Waals surface area (Å²) >= 11 is 0. The van der Waals surface area contributed by atoms with Crippen molar-refractivity contribution in [3.8, 4) is 0 Å². The molecular weight excluding hydrogens is 208 g/mol. The first-order valence-electron chi connectivity index (χ1n) is 6.04. The minimum Gasteiger partial charge on any atom is -0.366 e. The molecule has 0 fully saturated rings. The maximum Gasteiger partial charge on any atom is 0.0948 e. The number of ether oxygens (including phenoxy) is 1. The Morgan fingerprint density at radius 1 is 0.882 bits per heavy atom. The minimum absolute atomic E-state index is 0.185. The highest BCUT2D eigenvalue weighted by molar-refractivity contribution is 5.33. The molecule has 1 atom stereocenters. The van der Waals surface area contributed by atoms with Gasteiger partial charge in [0.15, 0.2) is 0 Å². The summed E-state index contributed by atoms with van der Waals surface area (Å²) in [5, 5.41) is 0. The molecule has 0 aromatic heterocycles. The lowest BCUT2D eigenvalue weighted by atomic mass is 9.85. The van der Waals surface area contributed by atoms with Crippen molar-refractivity contribution in [2.45, 2.75) is 25.6 Å². The number of hydrogen-bond donors (Lipinski definition) is 0. The van der Waals surface area contributed by atoms with E-state index in [9.17, 15) is 0 Å². The summed E-state index contributed by atoms with van der Waals surface area (Å²) in [6.07, 6.45) is 0.952. The fourth-order valence-electron chi connectivity index (χ4n) is 2.50. The molecule has 0 radical (unpaired) electrons. The summed E-state index contributed by atoms with van der Waals surface area (Å²) < 4.78 is 6.08. The largest absolute Gasteiger partial charge is 0.366 e. The average Bonchev–Trinajstić information content (AvgIpc) is 2.40. The van der Waals surface area contributed by atoms with Crippen LogP contribution < -0.4 is 0 Å². The van der Waals surface area contributed by atoms with Crippen molar-refractivity contribution in [2.75, 3.05) is 0 Å². The van der Waals surface area contributed by atoms with Gasteiger partial charge in [-0.3, -0.25) is 0 Å². The number of hydrogen-bond acceptors (Lipinski definition) is 1. The van der Waals surface area contributed by atoms with E-state index >= 15 is 0 Å². The Balaban J connectivity index is 1.98. The first-order valence-corrected chi connectivity index (χ1v) is 6.04. The van der Waals surface area contributed by atoms with E-state index in [1.165, 1.54) is 16.7 Å². The standard InChI is InChI=1S/C16H16O/c1-16(15-9-3-2-4-10-15)11-13-7-5-6-8-14(13)12-17-16/h2-10H,11-12H2,1H3. The lowest BCUT2D eigenvalue weighted by Crippen LogP contribution is -2.32. The summed E-state index contributed by atoms with van der Waals surface area (Å²) in [7, 11) is 0. The van der Waals surface area contributed by atoms with Gasteiger partial charge in [-0.25, -0.2) is 0 Å². The van der Waals surface area contributed by atoms with Crippen LogP contribution in [-0.4, -0.2) is 0 Å². The second-order valence-electron chi connectivity index (χ2n) is 4.83. The van der Waals surface area contributed by atoms with Crippen molar-refractivity contribution in [2.24, 2.45) is 0 Å². The smallest absolute Gasteiger partial charge is 0.0948 e. The Hall–Kier alpha value is -1.60. The molecule has 0 amide bonds. The molecular formula is C16H16O. The van der Waals surface area contributed by atoms with Gasteiger partial charge in [0.25, 0.3) is 0 Å². The van der Waals surface area contributed by atoms with Crippen LogP contribution in [0.2, 0.25) is 0 Å². The van der Waals surface area contributed by atoms with Gasteiger partial charge in [-0.05, 0) is 23.6 Å². The van der Waals surface area contributed by atoms with Crippen molar-refractivity contribution < 1.29 is 4.74 Å². The highest BCUT2D eigenvalue weighted by Gasteiger charge is 2.32. The molecule has 1 heteroatoms. The van der Waals surface area contributed by atoms with Gasteiger partial charge in [0.1, 0.15) is 0 Å². The number of benzene rings is 2. The van der Waals surface area contributed by atoms with Crippen LogP contribution in [0.25, 0.3) is 0 Å². The van der Waals surface area contributed by atoms with Crippen LogP contribution >= 0.6 is 0 Å². The van der Waals surface area contributed by atoms with Gasteiger partial charge in [-0.2, -0.15) is 0 Å². The second kappa shape index (κ2) is 4.01. The summed E-state index contributed by atoms with van der Waals surface area (Å²) in [5.41, 5.74) is 3.80. The predicted octanol–water partition coefficient (Wildman–Crippen LogP) is 3.67. The third kappa shape index (κ3) is 1.87. The lowest BCUT2D eigenvalue weighted by molar-refractivity contribution is -0.0592. The van der Waals surface area contributed by atoms with E-state index in [2.05, 4.69) is 55.5 Å². The van der Waals surface area contributed by atoms with Crippen LogP contribution in [0.4, 0.5) is 0 Å². The number of rotatable bonds is 1. The monoisotopic (exact) mass is 224 g/mol. The molecule has 1 unspecified atom stereocenters. The Kier molecular flexibility index (Phi) is 2.49. The molecule has 1 nitrogen and oxygen atoms in total. The zero-order valence-electron chi connectivity index (χ0n) is 10.0. The zero-order valence-corrected chi connectivity index (χ0v) is 10.0. The molecule has 0 bridgehead atoms. The molecule has 0 saturated carbocycles. The summed E-state index contributed by atoms with van der Waals surface area (Å²) in [6, 6.07) is 19.0. The fourth-order valence-corrected chi connectivity index (χ4v) is 2.50. The quantitative estimate of drug-likeness (QED) is 0.718. The second-order valence-corrected chi connectivity index (χ2v) is 4.83. The SMILES string of the molecule is CC1(c2ccccc2)Cc2ccccc2CO1.